The fraction of sp³-hybridized carbons (Fsp3) is 0.238. The fourth-order valence-electron chi connectivity index (χ4n) is 2.69. The molecule has 0 aliphatic rings. The van der Waals surface area contributed by atoms with E-state index in [9.17, 15) is 4.79 Å². The Bertz CT molecular complexity index is 892. The number of hydrogen-bond acceptors (Lipinski definition) is 5. The Morgan fingerprint density at radius 1 is 1.19 bits per heavy atom. The van der Waals surface area contributed by atoms with Gasteiger partial charge in [0.25, 0.3) is 0 Å². The summed E-state index contributed by atoms with van der Waals surface area (Å²) in [4.78, 5) is 16.8. The molecule has 1 atom stereocenters. The first kappa shape index (κ1) is 19.1. The minimum atomic E-state index is -0.996. The highest BCUT2D eigenvalue weighted by atomic mass is 32.1. The van der Waals surface area contributed by atoms with E-state index < -0.39 is 12.0 Å². The number of thiazole rings is 1. The van der Waals surface area contributed by atoms with Gasteiger partial charge < -0.3 is 15.6 Å². The number of carboxylic acid groups (broad SMARTS) is 1. The number of nitrogens with zero attached hydrogens (tertiary/aromatic N) is 1. The predicted octanol–water partition coefficient (Wildman–Crippen LogP) is 3.69. The number of aromatic nitrogens is 1. The third kappa shape index (κ3) is 5.15. The average Bonchev–Trinajstić information content (AvgIpc) is 3.04. The molecule has 0 amide bonds. The van der Waals surface area contributed by atoms with Crippen LogP contribution < -0.4 is 10.5 Å². The lowest BCUT2D eigenvalue weighted by Crippen LogP contribution is -2.32. The van der Waals surface area contributed by atoms with Crippen LogP contribution in [0.25, 0.3) is 10.6 Å². The summed E-state index contributed by atoms with van der Waals surface area (Å²) in [6, 6.07) is 16.7. The van der Waals surface area contributed by atoms with Crippen LogP contribution in [0.2, 0.25) is 0 Å². The molecule has 1 aromatic heterocycles. The molecular weight excluding hydrogens is 360 g/mol. The number of aryl methyl sites for hydroxylation is 1. The monoisotopic (exact) mass is 382 g/mol. The number of aliphatic carboxylic acids is 1. The Hall–Kier alpha value is -2.70. The Kier molecular flexibility index (Phi) is 6.21. The number of nitrogens with two attached hydrogens (primary N) is 1. The van der Waals surface area contributed by atoms with Crippen molar-refractivity contribution < 1.29 is 14.6 Å². The number of ether oxygens (including phenoxy) is 1. The second-order valence-corrected chi connectivity index (χ2v) is 7.48. The molecule has 1 heterocycles. The maximum atomic E-state index is 10.8. The smallest absolute Gasteiger partial charge is 0.320 e. The van der Waals surface area contributed by atoms with E-state index in [2.05, 4.69) is 19.1 Å². The maximum Gasteiger partial charge on any atom is 0.320 e. The number of hydrogen-bond donors (Lipinski definition) is 2. The molecule has 0 bridgehead atoms. The van der Waals surface area contributed by atoms with Gasteiger partial charge in [0.05, 0.1) is 12.3 Å². The van der Waals surface area contributed by atoms with Crippen LogP contribution in [0.1, 0.15) is 16.1 Å². The zero-order valence-electron chi connectivity index (χ0n) is 15.1. The van der Waals surface area contributed by atoms with E-state index in [0.717, 1.165) is 34.0 Å². The summed E-state index contributed by atoms with van der Waals surface area (Å²) < 4.78 is 5.80. The fourth-order valence-corrected chi connectivity index (χ4v) is 3.66. The molecule has 0 radical (unpaired) electrons. The Balaban J connectivity index is 1.54. The van der Waals surface area contributed by atoms with Gasteiger partial charge in [-0.3, -0.25) is 4.79 Å². The van der Waals surface area contributed by atoms with Gasteiger partial charge >= 0.3 is 5.97 Å². The summed E-state index contributed by atoms with van der Waals surface area (Å²) in [5, 5.41) is 9.89. The highest BCUT2D eigenvalue weighted by Gasteiger charge is 2.12. The predicted molar refractivity (Wildman–Crippen MR) is 107 cm³/mol. The summed E-state index contributed by atoms with van der Waals surface area (Å²) in [5.74, 6) is -0.248. The molecule has 0 aliphatic heterocycles. The van der Waals surface area contributed by atoms with Gasteiger partial charge in [0.2, 0.25) is 0 Å². The molecule has 3 rings (SSSR count). The van der Waals surface area contributed by atoms with E-state index in [1.54, 1.807) is 11.3 Å². The minimum Gasteiger partial charge on any atom is -0.493 e. The first-order chi connectivity index (χ1) is 13.0. The number of rotatable bonds is 8. The normalized spacial score (nSPS) is 11.9. The third-order valence-corrected chi connectivity index (χ3v) is 5.28. The summed E-state index contributed by atoms with van der Waals surface area (Å²) in [6.07, 6.45) is 1.04. The quantitative estimate of drug-likeness (QED) is 0.620. The summed E-state index contributed by atoms with van der Waals surface area (Å²) in [7, 11) is 0. The second-order valence-electron chi connectivity index (χ2n) is 6.28. The molecule has 0 aliphatic carbocycles. The van der Waals surface area contributed by atoms with Crippen LogP contribution in [0.5, 0.6) is 5.75 Å². The molecule has 27 heavy (non-hydrogen) atoms. The van der Waals surface area contributed by atoms with E-state index in [1.807, 2.05) is 42.5 Å². The number of carbonyl (C=O) groups is 1. The lowest BCUT2D eigenvalue weighted by Gasteiger charge is -2.09. The Labute approximate surface area is 162 Å². The highest BCUT2D eigenvalue weighted by Crippen LogP contribution is 2.27. The first-order valence-electron chi connectivity index (χ1n) is 8.75. The zero-order valence-corrected chi connectivity index (χ0v) is 15.9. The van der Waals surface area contributed by atoms with Crippen molar-refractivity contribution in [2.45, 2.75) is 25.8 Å². The van der Waals surface area contributed by atoms with Crippen LogP contribution in [0.3, 0.4) is 0 Å². The number of carboxylic acids is 1. The second kappa shape index (κ2) is 8.79. The van der Waals surface area contributed by atoms with Crippen molar-refractivity contribution in [2.24, 2.45) is 5.73 Å². The Morgan fingerprint density at radius 2 is 1.89 bits per heavy atom. The van der Waals surface area contributed by atoms with E-state index in [0.29, 0.717) is 13.0 Å². The minimum absolute atomic E-state index is 0.301. The summed E-state index contributed by atoms with van der Waals surface area (Å²) >= 11 is 1.70. The molecule has 0 saturated carbocycles. The van der Waals surface area contributed by atoms with Crippen LogP contribution in [-0.2, 0) is 17.6 Å². The van der Waals surface area contributed by atoms with E-state index in [1.165, 1.54) is 4.88 Å². The molecular formula is C21H22N2O3S. The topological polar surface area (TPSA) is 85.4 Å². The van der Waals surface area contributed by atoms with Gasteiger partial charge in [-0.25, -0.2) is 4.98 Å². The van der Waals surface area contributed by atoms with Crippen molar-refractivity contribution in [3.8, 4) is 16.3 Å². The largest absolute Gasteiger partial charge is 0.493 e. The van der Waals surface area contributed by atoms with Crippen molar-refractivity contribution in [3.05, 3.63) is 70.7 Å². The first-order valence-corrected chi connectivity index (χ1v) is 9.56. The SMILES string of the molecule is Cc1sc(-c2ccccc2)nc1CCOc1ccc(CC(N)C(=O)O)cc1. The molecule has 2 aromatic carbocycles. The Morgan fingerprint density at radius 3 is 2.56 bits per heavy atom. The average molecular weight is 382 g/mol. The van der Waals surface area contributed by atoms with Crippen molar-refractivity contribution in [2.75, 3.05) is 6.61 Å². The molecule has 140 valence electrons. The van der Waals surface area contributed by atoms with E-state index >= 15 is 0 Å². The molecule has 0 fully saturated rings. The van der Waals surface area contributed by atoms with E-state index in [-0.39, 0.29) is 0 Å². The van der Waals surface area contributed by atoms with Crippen molar-refractivity contribution >= 4 is 17.3 Å². The summed E-state index contributed by atoms with van der Waals surface area (Å²) in [6.45, 7) is 2.62. The molecule has 6 heteroatoms. The van der Waals surface area contributed by atoms with Gasteiger partial charge in [0.1, 0.15) is 16.8 Å². The van der Waals surface area contributed by atoms with Gasteiger partial charge in [-0.15, -0.1) is 11.3 Å². The van der Waals surface area contributed by atoms with Gasteiger partial charge in [0, 0.05) is 16.9 Å². The molecule has 0 saturated heterocycles. The van der Waals surface area contributed by atoms with Crippen molar-refractivity contribution in [3.63, 3.8) is 0 Å². The summed E-state index contributed by atoms with van der Waals surface area (Å²) in [5.41, 5.74) is 8.62. The lowest BCUT2D eigenvalue weighted by molar-refractivity contribution is -0.138. The van der Waals surface area contributed by atoms with Crippen LogP contribution in [0, 0.1) is 6.92 Å². The third-order valence-electron chi connectivity index (χ3n) is 4.22. The van der Waals surface area contributed by atoms with Gasteiger partial charge in [0.15, 0.2) is 0 Å². The van der Waals surface area contributed by atoms with Gasteiger partial charge in [-0.1, -0.05) is 42.5 Å². The molecule has 3 aromatic rings. The molecule has 0 spiro atoms. The van der Waals surface area contributed by atoms with Crippen LogP contribution >= 0.6 is 11.3 Å². The standard InChI is InChI=1S/C21H22N2O3S/c1-14-19(23-20(27-14)16-5-3-2-4-6-16)11-12-26-17-9-7-15(8-10-17)13-18(22)21(24)25/h2-10,18H,11-13,22H2,1H3,(H,24,25). The van der Waals surface area contributed by atoms with Gasteiger partial charge in [-0.2, -0.15) is 0 Å². The van der Waals surface area contributed by atoms with E-state index in [4.69, 9.17) is 20.6 Å². The van der Waals surface area contributed by atoms with Crippen LogP contribution in [-0.4, -0.2) is 28.7 Å². The maximum absolute atomic E-state index is 10.8. The van der Waals surface area contributed by atoms with Crippen LogP contribution in [0.4, 0.5) is 0 Å². The van der Waals surface area contributed by atoms with Crippen LogP contribution in [0.15, 0.2) is 54.6 Å². The van der Waals surface area contributed by atoms with Crippen molar-refractivity contribution in [1.29, 1.82) is 0 Å². The number of benzene rings is 2. The van der Waals surface area contributed by atoms with Gasteiger partial charge in [-0.05, 0) is 31.0 Å². The molecule has 5 nitrogen and oxygen atoms in total. The zero-order chi connectivity index (χ0) is 19.2. The lowest BCUT2D eigenvalue weighted by atomic mass is 10.1. The highest BCUT2D eigenvalue weighted by molar-refractivity contribution is 7.15. The van der Waals surface area contributed by atoms with Crippen molar-refractivity contribution in [1.82, 2.24) is 4.98 Å². The molecule has 1 unspecified atom stereocenters. The molecule has 3 N–H and O–H groups in total.